The highest BCUT2D eigenvalue weighted by Gasteiger charge is 2.13. The molecule has 72 valence electrons. The number of halogens is 1. The molecule has 0 aliphatic carbocycles. The van der Waals surface area contributed by atoms with Crippen LogP contribution in [0, 0.1) is 17.0 Å². The van der Waals surface area contributed by atoms with Crippen LogP contribution in [0.3, 0.4) is 0 Å². The maximum absolute atomic E-state index is 10.5. The SMILES string of the molecule is Cc1nnc2cc([N+](=O)[O-])cc(Cl)n12. The minimum absolute atomic E-state index is 0.0881. The van der Waals surface area contributed by atoms with E-state index in [0.29, 0.717) is 11.5 Å². The summed E-state index contributed by atoms with van der Waals surface area (Å²) in [7, 11) is 0. The Kier molecular flexibility index (Phi) is 1.85. The van der Waals surface area contributed by atoms with Gasteiger partial charge in [-0.3, -0.25) is 14.5 Å². The van der Waals surface area contributed by atoms with Gasteiger partial charge in [0.1, 0.15) is 11.0 Å². The summed E-state index contributed by atoms with van der Waals surface area (Å²) in [5.74, 6) is 0.597. The van der Waals surface area contributed by atoms with E-state index < -0.39 is 4.92 Å². The molecule has 0 N–H and O–H groups in total. The minimum atomic E-state index is -0.518. The Morgan fingerprint density at radius 3 is 2.86 bits per heavy atom. The van der Waals surface area contributed by atoms with Crippen LogP contribution in [-0.2, 0) is 0 Å². The third-order valence-corrected chi connectivity index (χ3v) is 2.10. The summed E-state index contributed by atoms with van der Waals surface area (Å²) in [4.78, 5) is 9.98. The molecular weight excluding hydrogens is 208 g/mol. The average molecular weight is 213 g/mol. The van der Waals surface area contributed by atoms with Gasteiger partial charge in [-0.05, 0) is 6.92 Å². The summed E-state index contributed by atoms with van der Waals surface area (Å²) in [5.41, 5.74) is 0.289. The number of aryl methyl sites for hydroxylation is 1. The van der Waals surface area contributed by atoms with E-state index in [9.17, 15) is 10.1 Å². The summed E-state index contributed by atoms with van der Waals surface area (Å²) in [6, 6.07) is 2.59. The van der Waals surface area contributed by atoms with Crippen molar-refractivity contribution < 1.29 is 4.92 Å². The van der Waals surface area contributed by atoms with Crippen LogP contribution in [0.2, 0.25) is 5.15 Å². The number of aromatic nitrogens is 3. The molecule has 0 fully saturated rings. The summed E-state index contributed by atoms with van der Waals surface area (Å²) < 4.78 is 1.54. The van der Waals surface area contributed by atoms with Gasteiger partial charge in [0.15, 0.2) is 5.65 Å². The lowest BCUT2D eigenvalue weighted by molar-refractivity contribution is -0.384. The fourth-order valence-corrected chi connectivity index (χ4v) is 1.52. The molecule has 0 aromatic carbocycles. The van der Waals surface area contributed by atoms with Crippen molar-refractivity contribution >= 4 is 22.9 Å². The fourth-order valence-electron chi connectivity index (χ4n) is 1.20. The van der Waals surface area contributed by atoms with E-state index in [0.717, 1.165) is 0 Å². The van der Waals surface area contributed by atoms with Crippen molar-refractivity contribution in [3.05, 3.63) is 33.2 Å². The average Bonchev–Trinajstić information content (AvgIpc) is 2.48. The van der Waals surface area contributed by atoms with E-state index >= 15 is 0 Å². The maximum Gasteiger partial charge on any atom is 0.276 e. The first-order chi connectivity index (χ1) is 6.59. The molecule has 0 saturated carbocycles. The Labute approximate surface area is 83.3 Å². The highest BCUT2D eigenvalue weighted by Crippen LogP contribution is 2.21. The van der Waals surface area contributed by atoms with Gasteiger partial charge >= 0.3 is 0 Å². The van der Waals surface area contributed by atoms with Crippen molar-refractivity contribution in [1.29, 1.82) is 0 Å². The van der Waals surface area contributed by atoms with E-state index in [1.165, 1.54) is 16.5 Å². The molecule has 2 heterocycles. The van der Waals surface area contributed by atoms with Crippen molar-refractivity contribution in [3.8, 4) is 0 Å². The second-order valence-corrected chi connectivity index (χ2v) is 3.12. The summed E-state index contributed by atoms with van der Waals surface area (Å²) in [6.07, 6.45) is 0. The van der Waals surface area contributed by atoms with Crippen LogP contribution >= 0.6 is 11.6 Å². The molecule has 14 heavy (non-hydrogen) atoms. The Morgan fingerprint density at radius 2 is 2.21 bits per heavy atom. The first-order valence-electron chi connectivity index (χ1n) is 3.75. The van der Waals surface area contributed by atoms with Gasteiger partial charge in [-0.1, -0.05) is 11.6 Å². The third kappa shape index (κ3) is 1.20. The predicted octanol–water partition coefficient (Wildman–Crippen LogP) is 1.60. The summed E-state index contributed by atoms with van der Waals surface area (Å²) in [5, 5.41) is 18.2. The van der Waals surface area contributed by atoms with Crippen molar-refractivity contribution in [2.75, 3.05) is 0 Å². The van der Waals surface area contributed by atoms with Gasteiger partial charge in [-0.15, -0.1) is 10.2 Å². The highest BCUT2D eigenvalue weighted by molar-refractivity contribution is 6.30. The highest BCUT2D eigenvalue weighted by atomic mass is 35.5. The van der Waals surface area contributed by atoms with Gasteiger partial charge in [-0.25, -0.2) is 0 Å². The molecule has 2 aromatic rings. The Bertz CT molecular complexity index is 522. The van der Waals surface area contributed by atoms with Gasteiger partial charge in [0.05, 0.1) is 17.1 Å². The Balaban J connectivity index is 2.80. The molecule has 0 unspecified atom stereocenters. The lowest BCUT2D eigenvalue weighted by atomic mass is 10.4. The molecule has 0 bridgehead atoms. The molecule has 6 nitrogen and oxygen atoms in total. The fraction of sp³-hybridized carbons (Fsp3) is 0.143. The lowest BCUT2D eigenvalue weighted by Crippen LogP contribution is -1.94. The van der Waals surface area contributed by atoms with Crippen LogP contribution in [0.1, 0.15) is 5.82 Å². The molecule has 2 rings (SSSR count). The molecule has 0 spiro atoms. The van der Waals surface area contributed by atoms with E-state index in [4.69, 9.17) is 11.6 Å². The van der Waals surface area contributed by atoms with E-state index in [1.54, 1.807) is 6.92 Å². The number of pyridine rings is 1. The van der Waals surface area contributed by atoms with Crippen LogP contribution < -0.4 is 0 Å². The normalized spacial score (nSPS) is 10.7. The van der Waals surface area contributed by atoms with Gasteiger partial charge < -0.3 is 0 Å². The van der Waals surface area contributed by atoms with E-state index in [1.807, 2.05) is 0 Å². The predicted molar refractivity (Wildman–Crippen MR) is 49.4 cm³/mol. The molecule has 2 aromatic heterocycles. The maximum atomic E-state index is 10.5. The standard InChI is InChI=1S/C7H5ClN4O2/c1-4-9-10-7-3-5(12(13)14)2-6(8)11(4)7/h2-3H,1H3. The van der Waals surface area contributed by atoms with Gasteiger partial charge in [0, 0.05) is 0 Å². The molecule has 0 aliphatic rings. The topological polar surface area (TPSA) is 73.3 Å². The number of nitrogens with zero attached hydrogens (tertiary/aromatic N) is 4. The molecule has 0 amide bonds. The Morgan fingerprint density at radius 1 is 1.50 bits per heavy atom. The zero-order valence-electron chi connectivity index (χ0n) is 7.14. The van der Waals surface area contributed by atoms with E-state index in [-0.39, 0.29) is 10.8 Å². The zero-order valence-corrected chi connectivity index (χ0v) is 7.89. The molecule has 0 aliphatic heterocycles. The molecule has 0 radical (unpaired) electrons. The zero-order chi connectivity index (χ0) is 10.3. The summed E-state index contributed by atoms with van der Waals surface area (Å²) in [6.45, 7) is 1.72. The minimum Gasteiger partial charge on any atom is -0.269 e. The van der Waals surface area contributed by atoms with Crippen molar-refractivity contribution in [2.24, 2.45) is 0 Å². The van der Waals surface area contributed by atoms with Gasteiger partial charge in [0.2, 0.25) is 0 Å². The smallest absolute Gasteiger partial charge is 0.269 e. The lowest BCUT2D eigenvalue weighted by Gasteiger charge is -1.98. The third-order valence-electron chi connectivity index (χ3n) is 1.82. The summed E-state index contributed by atoms with van der Waals surface area (Å²) >= 11 is 5.83. The monoisotopic (exact) mass is 212 g/mol. The second-order valence-electron chi connectivity index (χ2n) is 2.73. The van der Waals surface area contributed by atoms with Gasteiger partial charge in [0.25, 0.3) is 5.69 Å². The first kappa shape index (κ1) is 8.89. The molecule has 0 saturated heterocycles. The molecule has 0 atom stereocenters. The molecular formula is C7H5ClN4O2. The number of hydrogen-bond acceptors (Lipinski definition) is 4. The largest absolute Gasteiger partial charge is 0.276 e. The van der Waals surface area contributed by atoms with Crippen LogP contribution in [0.5, 0.6) is 0 Å². The number of rotatable bonds is 1. The Hall–Kier alpha value is -1.69. The van der Waals surface area contributed by atoms with Crippen LogP contribution in [0.4, 0.5) is 5.69 Å². The van der Waals surface area contributed by atoms with E-state index in [2.05, 4.69) is 10.2 Å². The van der Waals surface area contributed by atoms with Crippen molar-refractivity contribution in [3.63, 3.8) is 0 Å². The molecule has 7 heteroatoms. The van der Waals surface area contributed by atoms with Crippen molar-refractivity contribution in [1.82, 2.24) is 14.6 Å². The van der Waals surface area contributed by atoms with Crippen LogP contribution in [0.25, 0.3) is 5.65 Å². The first-order valence-corrected chi connectivity index (χ1v) is 4.13. The second kappa shape index (κ2) is 2.91. The number of nitro groups is 1. The van der Waals surface area contributed by atoms with Crippen LogP contribution in [-0.4, -0.2) is 19.5 Å². The quantitative estimate of drug-likeness (QED) is 0.409. The van der Waals surface area contributed by atoms with Crippen molar-refractivity contribution in [2.45, 2.75) is 6.92 Å². The number of hydrogen-bond donors (Lipinski definition) is 0. The van der Waals surface area contributed by atoms with Gasteiger partial charge in [-0.2, -0.15) is 0 Å². The number of fused-ring (bicyclic) bond motifs is 1. The van der Waals surface area contributed by atoms with Crippen LogP contribution in [0.15, 0.2) is 12.1 Å².